The molecule has 0 spiro atoms. The van der Waals surface area contributed by atoms with Gasteiger partial charge in [-0.2, -0.15) is 0 Å². The van der Waals surface area contributed by atoms with Crippen LogP contribution < -0.4 is 0 Å². The standard InChI is InChI=1S/C10H17NO/c1-6-9(3)8-12-10(4)11(5)7-2/h6H,1,3-4,7-8H2,2,5H3. The second-order valence-electron chi connectivity index (χ2n) is 2.56. The van der Waals surface area contributed by atoms with E-state index in [2.05, 4.69) is 19.7 Å². The molecule has 2 heteroatoms. The van der Waals surface area contributed by atoms with E-state index in [1.165, 1.54) is 0 Å². The van der Waals surface area contributed by atoms with Gasteiger partial charge >= 0.3 is 0 Å². The SMILES string of the molecule is C=CC(=C)COC(=C)N(C)CC. The molecule has 0 saturated carbocycles. The fourth-order valence-electron chi connectivity index (χ4n) is 0.521. The van der Waals surface area contributed by atoms with Crippen LogP contribution in [0.25, 0.3) is 0 Å². The lowest BCUT2D eigenvalue weighted by Crippen LogP contribution is -2.18. The second kappa shape index (κ2) is 5.47. The van der Waals surface area contributed by atoms with E-state index in [9.17, 15) is 0 Å². The van der Waals surface area contributed by atoms with E-state index in [0.29, 0.717) is 12.5 Å². The first kappa shape index (κ1) is 10.8. The van der Waals surface area contributed by atoms with Crippen molar-refractivity contribution in [1.82, 2.24) is 4.90 Å². The lowest BCUT2D eigenvalue weighted by atomic mass is 10.3. The molecule has 0 amide bonds. The summed E-state index contributed by atoms with van der Waals surface area (Å²) in [5.74, 6) is 0.667. The number of hydrogen-bond donors (Lipinski definition) is 0. The molecule has 0 aliphatic rings. The molecule has 0 saturated heterocycles. The maximum absolute atomic E-state index is 5.31. The Morgan fingerprint density at radius 1 is 1.50 bits per heavy atom. The minimum Gasteiger partial charge on any atom is -0.475 e. The third-order valence-corrected chi connectivity index (χ3v) is 1.61. The molecule has 0 aliphatic carbocycles. The molecule has 0 aliphatic heterocycles. The fraction of sp³-hybridized carbons (Fsp3) is 0.400. The van der Waals surface area contributed by atoms with Crippen LogP contribution >= 0.6 is 0 Å². The van der Waals surface area contributed by atoms with Crippen molar-refractivity contribution in [1.29, 1.82) is 0 Å². The van der Waals surface area contributed by atoms with Crippen LogP contribution in [0.1, 0.15) is 6.92 Å². The Bertz CT molecular complexity index is 184. The van der Waals surface area contributed by atoms with Crippen molar-refractivity contribution in [3.8, 4) is 0 Å². The monoisotopic (exact) mass is 167 g/mol. The molecular weight excluding hydrogens is 150 g/mol. The van der Waals surface area contributed by atoms with Gasteiger partial charge in [-0.3, -0.25) is 0 Å². The van der Waals surface area contributed by atoms with E-state index in [4.69, 9.17) is 4.74 Å². The van der Waals surface area contributed by atoms with Crippen molar-refractivity contribution in [2.24, 2.45) is 0 Å². The van der Waals surface area contributed by atoms with Gasteiger partial charge < -0.3 is 9.64 Å². The molecule has 0 aromatic rings. The molecule has 68 valence electrons. The molecule has 12 heavy (non-hydrogen) atoms. The van der Waals surface area contributed by atoms with Crippen LogP contribution in [-0.4, -0.2) is 25.1 Å². The number of ether oxygens (including phenoxy) is 1. The van der Waals surface area contributed by atoms with Crippen LogP contribution in [0.15, 0.2) is 37.3 Å². The second-order valence-corrected chi connectivity index (χ2v) is 2.56. The first-order valence-corrected chi connectivity index (χ1v) is 3.94. The van der Waals surface area contributed by atoms with Crippen LogP contribution in [-0.2, 0) is 4.74 Å². The van der Waals surface area contributed by atoms with Gasteiger partial charge in [0.1, 0.15) is 6.61 Å². The zero-order valence-electron chi connectivity index (χ0n) is 7.97. The predicted octanol–water partition coefficient (Wildman–Crippen LogP) is 2.17. The first-order valence-electron chi connectivity index (χ1n) is 3.94. The third-order valence-electron chi connectivity index (χ3n) is 1.61. The van der Waals surface area contributed by atoms with E-state index in [-0.39, 0.29) is 0 Å². The Kier molecular flexibility index (Phi) is 4.93. The van der Waals surface area contributed by atoms with Gasteiger partial charge in [-0.05, 0) is 19.1 Å². The van der Waals surface area contributed by atoms with Crippen molar-refractivity contribution >= 4 is 0 Å². The quantitative estimate of drug-likeness (QED) is 0.444. The van der Waals surface area contributed by atoms with Crippen LogP contribution in [0.5, 0.6) is 0 Å². The summed E-state index contributed by atoms with van der Waals surface area (Å²) in [4.78, 5) is 1.93. The number of rotatable bonds is 6. The zero-order valence-corrected chi connectivity index (χ0v) is 7.97. The average molecular weight is 167 g/mol. The van der Waals surface area contributed by atoms with E-state index in [1.54, 1.807) is 6.08 Å². The molecule has 0 bridgehead atoms. The minimum absolute atomic E-state index is 0.465. The molecule has 0 radical (unpaired) electrons. The van der Waals surface area contributed by atoms with Gasteiger partial charge in [0.05, 0.1) is 0 Å². The summed E-state index contributed by atoms with van der Waals surface area (Å²) in [5, 5.41) is 0. The molecule has 0 unspecified atom stereocenters. The summed E-state index contributed by atoms with van der Waals surface area (Å²) in [6, 6.07) is 0. The number of hydrogen-bond acceptors (Lipinski definition) is 2. The molecule has 0 heterocycles. The van der Waals surface area contributed by atoms with Crippen molar-refractivity contribution in [2.75, 3.05) is 20.2 Å². The van der Waals surface area contributed by atoms with Gasteiger partial charge in [-0.25, -0.2) is 0 Å². The average Bonchev–Trinajstić information content (AvgIpc) is 2.11. The molecule has 0 rings (SSSR count). The van der Waals surface area contributed by atoms with Crippen LogP contribution in [0, 0.1) is 0 Å². The summed E-state index contributed by atoms with van der Waals surface area (Å²) < 4.78 is 5.31. The number of nitrogens with zero attached hydrogens (tertiary/aromatic N) is 1. The fourth-order valence-corrected chi connectivity index (χ4v) is 0.521. The van der Waals surface area contributed by atoms with Crippen LogP contribution in [0.4, 0.5) is 0 Å². The largest absolute Gasteiger partial charge is 0.475 e. The van der Waals surface area contributed by atoms with Crippen molar-refractivity contribution < 1.29 is 4.74 Å². The zero-order chi connectivity index (χ0) is 9.56. The normalized spacial score (nSPS) is 8.83. The van der Waals surface area contributed by atoms with Crippen molar-refractivity contribution in [3.05, 3.63) is 37.3 Å². The Hall–Kier alpha value is -1.18. The highest BCUT2D eigenvalue weighted by molar-refractivity contribution is 5.11. The van der Waals surface area contributed by atoms with Gasteiger partial charge in [-0.15, -0.1) is 0 Å². The summed E-state index contributed by atoms with van der Waals surface area (Å²) in [6.45, 7) is 14.5. The summed E-state index contributed by atoms with van der Waals surface area (Å²) >= 11 is 0. The molecule has 0 atom stereocenters. The molecular formula is C10H17NO. The van der Waals surface area contributed by atoms with Crippen molar-refractivity contribution in [3.63, 3.8) is 0 Å². The van der Waals surface area contributed by atoms with Gasteiger partial charge in [-0.1, -0.05) is 19.2 Å². The van der Waals surface area contributed by atoms with Gasteiger partial charge in [0.15, 0.2) is 5.88 Å². The molecule has 0 aromatic carbocycles. The predicted molar refractivity (Wildman–Crippen MR) is 52.7 cm³/mol. The van der Waals surface area contributed by atoms with E-state index < -0.39 is 0 Å². The minimum atomic E-state index is 0.465. The molecule has 0 aromatic heterocycles. The summed E-state index contributed by atoms with van der Waals surface area (Å²) in [6.07, 6.45) is 1.68. The molecule has 0 N–H and O–H groups in total. The molecule has 0 fully saturated rings. The highest BCUT2D eigenvalue weighted by Crippen LogP contribution is 2.02. The molecule has 2 nitrogen and oxygen atoms in total. The topological polar surface area (TPSA) is 12.5 Å². The highest BCUT2D eigenvalue weighted by Gasteiger charge is 1.99. The summed E-state index contributed by atoms with van der Waals surface area (Å²) in [7, 11) is 1.93. The van der Waals surface area contributed by atoms with Crippen LogP contribution in [0.2, 0.25) is 0 Å². The van der Waals surface area contributed by atoms with E-state index >= 15 is 0 Å². The van der Waals surface area contributed by atoms with Gasteiger partial charge in [0, 0.05) is 13.6 Å². The Balaban J connectivity index is 3.71. The Morgan fingerprint density at radius 3 is 2.50 bits per heavy atom. The van der Waals surface area contributed by atoms with Gasteiger partial charge in [0.25, 0.3) is 0 Å². The first-order chi connectivity index (χ1) is 5.61. The van der Waals surface area contributed by atoms with Crippen molar-refractivity contribution in [2.45, 2.75) is 6.92 Å². The highest BCUT2D eigenvalue weighted by atomic mass is 16.5. The maximum Gasteiger partial charge on any atom is 0.181 e. The Morgan fingerprint density at radius 2 is 2.08 bits per heavy atom. The maximum atomic E-state index is 5.31. The lowest BCUT2D eigenvalue weighted by Gasteiger charge is -2.19. The smallest absolute Gasteiger partial charge is 0.181 e. The van der Waals surface area contributed by atoms with Crippen LogP contribution in [0.3, 0.4) is 0 Å². The Labute approximate surface area is 74.8 Å². The summed E-state index contributed by atoms with van der Waals surface area (Å²) in [5.41, 5.74) is 0.862. The third kappa shape index (κ3) is 3.86. The lowest BCUT2D eigenvalue weighted by molar-refractivity contribution is 0.151. The van der Waals surface area contributed by atoms with E-state index in [1.807, 2.05) is 18.9 Å². The van der Waals surface area contributed by atoms with Gasteiger partial charge in [0.2, 0.25) is 0 Å². The van der Waals surface area contributed by atoms with E-state index in [0.717, 1.165) is 12.1 Å².